The standard InChI is InChI=1S/C11H15ClN2O2/c1-3-14-10(8(12)6-13-14)11(15)9-5-4-7(2)16-9/h6-7,9H,3-5H2,1-2H3. The number of halogens is 1. The molecule has 0 N–H and O–H groups in total. The van der Waals surface area contributed by atoms with Crippen molar-refractivity contribution in [3.8, 4) is 0 Å². The Morgan fingerprint density at radius 3 is 3.00 bits per heavy atom. The van der Waals surface area contributed by atoms with E-state index in [4.69, 9.17) is 16.3 Å². The molecule has 2 rings (SSSR count). The van der Waals surface area contributed by atoms with E-state index in [0.29, 0.717) is 17.3 Å². The van der Waals surface area contributed by atoms with Crippen LogP contribution in [0.15, 0.2) is 6.20 Å². The highest BCUT2D eigenvalue weighted by atomic mass is 35.5. The maximum absolute atomic E-state index is 12.2. The molecule has 0 saturated carbocycles. The van der Waals surface area contributed by atoms with Crippen LogP contribution in [-0.2, 0) is 11.3 Å². The molecule has 1 saturated heterocycles. The third-order valence-electron chi connectivity index (χ3n) is 2.85. The zero-order chi connectivity index (χ0) is 11.7. The fraction of sp³-hybridized carbons (Fsp3) is 0.636. The number of aryl methyl sites for hydroxylation is 1. The molecule has 16 heavy (non-hydrogen) atoms. The first kappa shape index (κ1) is 11.6. The normalized spacial score (nSPS) is 24.9. The molecular weight excluding hydrogens is 228 g/mol. The van der Waals surface area contributed by atoms with Gasteiger partial charge in [0.05, 0.1) is 17.3 Å². The Labute approximate surface area is 99.5 Å². The first-order valence-electron chi connectivity index (χ1n) is 5.54. The average molecular weight is 243 g/mol. The quantitative estimate of drug-likeness (QED) is 0.764. The van der Waals surface area contributed by atoms with Crippen molar-refractivity contribution in [1.29, 1.82) is 0 Å². The highest BCUT2D eigenvalue weighted by Gasteiger charge is 2.32. The molecule has 5 heteroatoms. The van der Waals surface area contributed by atoms with Gasteiger partial charge < -0.3 is 4.74 Å². The van der Waals surface area contributed by atoms with Crippen LogP contribution in [0.1, 0.15) is 37.2 Å². The Morgan fingerprint density at radius 1 is 1.69 bits per heavy atom. The number of hydrogen-bond donors (Lipinski definition) is 0. The van der Waals surface area contributed by atoms with Crippen molar-refractivity contribution in [3.63, 3.8) is 0 Å². The lowest BCUT2D eigenvalue weighted by molar-refractivity contribution is 0.0425. The van der Waals surface area contributed by atoms with E-state index in [1.807, 2.05) is 13.8 Å². The fourth-order valence-electron chi connectivity index (χ4n) is 2.00. The second-order valence-electron chi connectivity index (χ2n) is 4.03. The Hall–Kier alpha value is -0.870. The second kappa shape index (κ2) is 4.55. The summed E-state index contributed by atoms with van der Waals surface area (Å²) in [4.78, 5) is 12.2. The summed E-state index contributed by atoms with van der Waals surface area (Å²) in [5.74, 6) is -0.0475. The molecule has 1 aromatic heterocycles. The number of Topliss-reactive ketones (excluding diaryl/α,β-unsaturated/α-hetero) is 1. The van der Waals surface area contributed by atoms with Crippen molar-refractivity contribution in [3.05, 3.63) is 16.9 Å². The summed E-state index contributed by atoms with van der Waals surface area (Å²) in [6.45, 7) is 4.54. The maximum Gasteiger partial charge on any atom is 0.211 e. The maximum atomic E-state index is 12.2. The van der Waals surface area contributed by atoms with E-state index in [9.17, 15) is 4.79 Å². The largest absolute Gasteiger partial charge is 0.367 e. The zero-order valence-corrected chi connectivity index (χ0v) is 10.2. The van der Waals surface area contributed by atoms with Crippen LogP contribution in [-0.4, -0.2) is 27.8 Å². The van der Waals surface area contributed by atoms with Crippen molar-refractivity contribution >= 4 is 17.4 Å². The van der Waals surface area contributed by atoms with Gasteiger partial charge in [-0.2, -0.15) is 5.10 Å². The summed E-state index contributed by atoms with van der Waals surface area (Å²) in [5, 5.41) is 4.47. The monoisotopic (exact) mass is 242 g/mol. The van der Waals surface area contributed by atoms with Gasteiger partial charge in [-0.15, -0.1) is 0 Å². The molecule has 1 fully saturated rings. The minimum absolute atomic E-state index is 0.0475. The molecule has 0 aromatic carbocycles. The molecule has 1 aliphatic rings. The van der Waals surface area contributed by atoms with Gasteiger partial charge in [0.2, 0.25) is 5.78 Å². The lowest BCUT2D eigenvalue weighted by Gasteiger charge is -2.11. The number of hydrogen-bond acceptors (Lipinski definition) is 3. The van der Waals surface area contributed by atoms with E-state index in [1.54, 1.807) is 4.68 Å². The van der Waals surface area contributed by atoms with E-state index >= 15 is 0 Å². The molecule has 2 heterocycles. The minimum Gasteiger partial charge on any atom is -0.367 e. The zero-order valence-electron chi connectivity index (χ0n) is 9.44. The number of aromatic nitrogens is 2. The van der Waals surface area contributed by atoms with Gasteiger partial charge in [-0.05, 0) is 26.7 Å². The van der Waals surface area contributed by atoms with Crippen molar-refractivity contribution in [1.82, 2.24) is 9.78 Å². The second-order valence-corrected chi connectivity index (χ2v) is 4.44. The van der Waals surface area contributed by atoms with Gasteiger partial charge in [0, 0.05) is 6.54 Å². The van der Waals surface area contributed by atoms with E-state index in [2.05, 4.69) is 5.10 Å². The molecule has 0 spiro atoms. The Balaban J connectivity index is 2.23. The average Bonchev–Trinajstić information content (AvgIpc) is 2.83. The summed E-state index contributed by atoms with van der Waals surface area (Å²) in [6, 6.07) is 0. The fourth-order valence-corrected chi connectivity index (χ4v) is 2.23. The van der Waals surface area contributed by atoms with Crippen LogP contribution in [0.5, 0.6) is 0 Å². The number of carbonyl (C=O) groups is 1. The van der Waals surface area contributed by atoms with Crippen LogP contribution >= 0.6 is 11.6 Å². The number of nitrogens with zero attached hydrogens (tertiary/aromatic N) is 2. The molecule has 2 unspecified atom stereocenters. The highest BCUT2D eigenvalue weighted by molar-refractivity contribution is 6.33. The van der Waals surface area contributed by atoms with E-state index in [1.165, 1.54) is 6.20 Å². The SMILES string of the molecule is CCn1ncc(Cl)c1C(=O)C1CCC(C)O1. The van der Waals surface area contributed by atoms with Gasteiger partial charge in [-0.3, -0.25) is 9.48 Å². The van der Waals surface area contributed by atoms with E-state index in [0.717, 1.165) is 12.8 Å². The van der Waals surface area contributed by atoms with Crippen molar-refractivity contribution in [2.45, 2.75) is 45.4 Å². The Kier molecular flexibility index (Phi) is 3.30. The molecule has 0 bridgehead atoms. The van der Waals surface area contributed by atoms with Crippen LogP contribution in [0, 0.1) is 0 Å². The van der Waals surface area contributed by atoms with Crippen molar-refractivity contribution in [2.75, 3.05) is 0 Å². The smallest absolute Gasteiger partial charge is 0.211 e. The third-order valence-corrected chi connectivity index (χ3v) is 3.13. The predicted octanol–water partition coefficient (Wildman–Crippen LogP) is 2.31. The van der Waals surface area contributed by atoms with E-state index < -0.39 is 0 Å². The highest BCUT2D eigenvalue weighted by Crippen LogP contribution is 2.25. The summed E-state index contributed by atoms with van der Waals surface area (Å²) in [5.41, 5.74) is 0.475. The van der Waals surface area contributed by atoms with Crippen LogP contribution in [0.4, 0.5) is 0 Å². The molecule has 0 radical (unpaired) electrons. The third kappa shape index (κ3) is 1.99. The summed E-state index contributed by atoms with van der Waals surface area (Å²) < 4.78 is 7.17. The number of ketones is 1. The van der Waals surface area contributed by atoms with Gasteiger partial charge in [0.15, 0.2) is 0 Å². The summed E-state index contributed by atoms with van der Waals surface area (Å²) >= 11 is 5.97. The predicted molar refractivity (Wildman–Crippen MR) is 60.8 cm³/mol. The van der Waals surface area contributed by atoms with Gasteiger partial charge in [0.25, 0.3) is 0 Å². The molecule has 88 valence electrons. The summed E-state index contributed by atoms with van der Waals surface area (Å²) in [7, 11) is 0. The van der Waals surface area contributed by atoms with Crippen LogP contribution < -0.4 is 0 Å². The number of ether oxygens (including phenoxy) is 1. The lowest BCUT2D eigenvalue weighted by Crippen LogP contribution is -2.24. The van der Waals surface area contributed by atoms with E-state index in [-0.39, 0.29) is 18.0 Å². The number of rotatable bonds is 3. The number of carbonyl (C=O) groups excluding carboxylic acids is 1. The Morgan fingerprint density at radius 2 is 2.44 bits per heavy atom. The molecule has 4 nitrogen and oxygen atoms in total. The van der Waals surface area contributed by atoms with Crippen LogP contribution in [0.2, 0.25) is 5.02 Å². The van der Waals surface area contributed by atoms with Gasteiger partial charge in [-0.25, -0.2) is 0 Å². The molecular formula is C11H15ClN2O2. The topological polar surface area (TPSA) is 44.1 Å². The molecule has 2 atom stereocenters. The molecule has 1 aliphatic heterocycles. The first-order chi connectivity index (χ1) is 7.63. The van der Waals surface area contributed by atoms with Crippen molar-refractivity contribution in [2.24, 2.45) is 0 Å². The Bertz CT molecular complexity index is 403. The van der Waals surface area contributed by atoms with Gasteiger partial charge >= 0.3 is 0 Å². The molecule has 1 aromatic rings. The van der Waals surface area contributed by atoms with Crippen LogP contribution in [0.25, 0.3) is 0 Å². The molecule has 0 amide bonds. The molecule has 0 aliphatic carbocycles. The van der Waals surface area contributed by atoms with Gasteiger partial charge in [-0.1, -0.05) is 11.6 Å². The minimum atomic E-state index is -0.352. The first-order valence-corrected chi connectivity index (χ1v) is 5.92. The van der Waals surface area contributed by atoms with Gasteiger partial charge in [0.1, 0.15) is 11.8 Å². The van der Waals surface area contributed by atoms with Crippen LogP contribution in [0.3, 0.4) is 0 Å². The summed E-state index contributed by atoms with van der Waals surface area (Å²) in [6.07, 6.45) is 3.01. The van der Waals surface area contributed by atoms with Crippen molar-refractivity contribution < 1.29 is 9.53 Å². The lowest BCUT2D eigenvalue weighted by atomic mass is 10.1.